The van der Waals surface area contributed by atoms with E-state index in [4.69, 9.17) is 4.42 Å². The van der Waals surface area contributed by atoms with Crippen LogP contribution in [0.3, 0.4) is 0 Å². The lowest BCUT2D eigenvalue weighted by Gasteiger charge is -2.18. The number of para-hydroxylation sites is 1. The Morgan fingerprint density at radius 1 is 1.41 bits per heavy atom. The highest BCUT2D eigenvalue weighted by Crippen LogP contribution is 2.29. The van der Waals surface area contributed by atoms with Crippen LogP contribution < -0.4 is 0 Å². The highest BCUT2D eigenvalue weighted by molar-refractivity contribution is 5.77. The third-order valence-corrected chi connectivity index (χ3v) is 3.40. The summed E-state index contributed by atoms with van der Waals surface area (Å²) >= 11 is 0. The molecule has 90 valence electrons. The van der Waals surface area contributed by atoms with Gasteiger partial charge in [0, 0.05) is 18.0 Å². The SMILES string of the molecule is CN(CC(O)c1cc2ccccc2o1)C1CC1. The Labute approximate surface area is 101 Å². The Morgan fingerprint density at radius 3 is 2.88 bits per heavy atom. The second-order valence-corrected chi connectivity index (χ2v) is 4.87. The molecule has 1 heterocycles. The van der Waals surface area contributed by atoms with Gasteiger partial charge in [-0.2, -0.15) is 0 Å². The Hall–Kier alpha value is -1.32. The first-order chi connectivity index (χ1) is 8.24. The van der Waals surface area contributed by atoms with E-state index in [0.29, 0.717) is 18.3 Å². The summed E-state index contributed by atoms with van der Waals surface area (Å²) in [7, 11) is 2.06. The van der Waals surface area contributed by atoms with Crippen molar-refractivity contribution in [3.63, 3.8) is 0 Å². The first kappa shape index (κ1) is 10.8. The minimum atomic E-state index is -0.534. The van der Waals surface area contributed by atoms with E-state index in [1.807, 2.05) is 30.3 Å². The molecule has 3 nitrogen and oxygen atoms in total. The van der Waals surface area contributed by atoms with Gasteiger partial charge < -0.3 is 14.4 Å². The maximum Gasteiger partial charge on any atom is 0.135 e. The van der Waals surface area contributed by atoms with Gasteiger partial charge in [-0.3, -0.25) is 0 Å². The number of fused-ring (bicyclic) bond motifs is 1. The van der Waals surface area contributed by atoms with Crippen LogP contribution in [0.4, 0.5) is 0 Å². The number of hydrogen-bond donors (Lipinski definition) is 1. The summed E-state index contributed by atoms with van der Waals surface area (Å²) in [5.41, 5.74) is 0.843. The van der Waals surface area contributed by atoms with E-state index < -0.39 is 6.10 Å². The van der Waals surface area contributed by atoms with Crippen molar-refractivity contribution >= 4 is 11.0 Å². The number of aliphatic hydroxyl groups excluding tert-OH is 1. The largest absolute Gasteiger partial charge is 0.458 e. The molecule has 0 amide bonds. The molecular weight excluding hydrogens is 214 g/mol. The second kappa shape index (κ2) is 4.17. The third-order valence-electron chi connectivity index (χ3n) is 3.40. The lowest BCUT2D eigenvalue weighted by molar-refractivity contribution is 0.105. The smallest absolute Gasteiger partial charge is 0.135 e. The van der Waals surface area contributed by atoms with Crippen molar-refractivity contribution in [3.05, 3.63) is 36.1 Å². The number of aliphatic hydroxyl groups is 1. The average Bonchev–Trinajstić information content (AvgIpc) is 3.08. The van der Waals surface area contributed by atoms with Crippen LogP contribution in [0.25, 0.3) is 11.0 Å². The summed E-state index contributed by atoms with van der Waals surface area (Å²) in [4.78, 5) is 2.21. The van der Waals surface area contributed by atoms with Crippen LogP contribution in [0, 0.1) is 0 Å². The Kier molecular flexibility index (Phi) is 2.65. The fraction of sp³-hybridized carbons (Fsp3) is 0.429. The van der Waals surface area contributed by atoms with Crippen LogP contribution in [0.15, 0.2) is 34.7 Å². The molecular formula is C14H17NO2. The van der Waals surface area contributed by atoms with Crippen LogP contribution in [-0.4, -0.2) is 29.6 Å². The fourth-order valence-corrected chi connectivity index (χ4v) is 2.19. The zero-order valence-corrected chi connectivity index (χ0v) is 9.97. The van der Waals surface area contributed by atoms with E-state index >= 15 is 0 Å². The molecule has 3 rings (SSSR count). The van der Waals surface area contributed by atoms with E-state index in [0.717, 1.165) is 11.0 Å². The van der Waals surface area contributed by atoms with E-state index in [1.54, 1.807) is 0 Å². The maximum atomic E-state index is 10.1. The number of nitrogens with zero attached hydrogens (tertiary/aromatic N) is 1. The molecule has 0 saturated heterocycles. The first-order valence-electron chi connectivity index (χ1n) is 6.11. The van der Waals surface area contributed by atoms with Crippen molar-refractivity contribution in [3.8, 4) is 0 Å². The predicted octanol–water partition coefficient (Wildman–Crippen LogP) is 2.56. The standard InChI is InChI=1S/C14H17NO2/c1-15(11-6-7-11)9-12(16)14-8-10-4-2-3-5-13(10)17-14/h2-5,8,11-12,16H,6-7,9H2,1H3. The molecule has 1 atom stereocenters. The molecule has 1 aliphatic carbocycles. The molecule has 0 radical (unpaired) electrons. The highest BCUT2D eigenvalue weighted by atomic mass is 16.4. The van der Waals surface area contributed by atoms with Gasteiger partial charge in [-0.1, -0.05) is 18.2 Å². The van der Waals surface area contributed by atoms with Gasteiger partial charge in [0.1, 0.15) is 17.4 Å². The van der Waals surface area contributed by atoms with Gasteiger partial charge in [0.2, 0.25) is 0 Å². The Bertz CT molecular complexity index is 483. The zero-order valence-electron chi connectivity index (χ0n) is 9.97. The molecule has 1 aromatic carbocycles. The third kappa shape index (κ3) is 2.21. The van der Waals surface area contributed by atoms with Gasteiger partial charge in [-0.05, 0) is 32.0 Å². The van der Waals surface area contributed by atoms with Gasteiger partial charge in [-0.25, -0.2) is 0 Å². The van der Waals surface area contributed by atoms with Crippen LogP contribution in [-0.2, 0) is 0 Å². The molecule has 0 aliphatic heterocycles. The summed E-state index contributed by atoms with van der Waals surface area (Å²) in [6, 6.07) is 10.4. The number of hydrogen-bond acceptors (Lipinski definition) is 3. The van der Waals surface area contributed by atoms with Gasteiger partial charge in [0.15, 0.2) is 0 Å². The highest BCUT2D eigenvalue weighted by Gasteiger charge is 2.28. The topological polar surface area (TPSA) is 36.6 Å². The summed E-state index contributed by atoms with van der Waals surface area (Å²) in [6.07, 6.45) is 1.97. The van der Waals surface area contributed by atoms with Gasteiger partial charge in [0.25, 0.3) is 0 Å². The summed E-state index contributed by atoms with van der Waals surface area (Å²) < 4.78 is 5.65. The van der Waals surface area contributed by atoms with E-state index in [9.17, 15) is 5.11 Å². The van der Waals surface area contributed by atoms with E-state index in [1.165, 1.54) is 12.8 Å². The second-order valence-electron chi connectivity index (χ2n) is 4.87. The van der Waals surface area contributed by atoms with Crippen molar-refractivity contribution in [2.75, 3.05) is 13.6 Å². The number of likely N-dealkylation sites (N-methyl/N-ethyl adjacent to an activating group) is 1. The van der Waals surface area contributed by atoms with Crippen LogP contribution in [0.1, 0.15) is 24.7 Å². The first-order valence-corrected chi connectivity index (χ1v) is 6.11. The number of benzene rings is 1. The maximum absolute atomic E-state index is 10.1. The van der Waals surface area contributed by atoms with E-state index in [-0.39, 0.29) is 0 Å². The quantitative estimate of drug-likeness (QED) is 0.878. The zero-order chi connectivity index (χ0) is 11.8. The molecule has 1 aromatic heterocycles. The van der Waals surface area contributed by atoms with Crippen molar-refractivity contribution in [2.45, 2.75) is 25.0 Å². The molecule has 1 N–H and O–H groups in total. The van der Waals surface area contributed by atoms with Crippen LogP contribution >= 0.6 is 0 Å². The summed E-state index contributed by atoms with van der Waals surface area (Å²) in [6.45, 7) is 0.643. The predicted molar refractivity (Wildman–Crippen MR) is 66.8 cm³/mol. The lowest BCUT2D eigenvalue weighted by Crippen LogP contribution is -2.26. The summed E-state index contributed by atoms with van der Waals surface area (Å²) in [5.74, 6) is 0.665. The molecule has 0 bridgehead atoms. The molecule has 2 aromatic rings. The summed E-state index contributed by atoms with van der Waals surface area (Å²) in [5, 5.41) is 11.2. The molecule has 0 spiro atoms. The number of rotatable bonds is 4. The average molecular weight is 231 g/mol. The van der Waals surface area contributed by atoms with Crippen molar-refractivity contribution in [1.82, 2.24) is 4.90 Å². The minimum Gasteiger partial charge on any atom is -0.458 e. The molecule has 3 heteroatoms. The Balaban J connectivity index is 1.77. The van der Waals surface area contributed by atoms with Crippen molar-refractivity contribution < 1.29 is 9.52 Å². The Morgan fingerprint density at radius 2 is 2.18 bits per heavy atom. The molecule has 1 fully saturated rings. The van der Waals surface area contributed by atoms with Gasteiger partial charge >= 0.3 is 0 Å². The normalized spacial score (nSPS) is 17.8. The molecule has 1 saturated carbocycles. The van der Waals surface area contributed by atoms with Gasteiger partial charge in [-0.15, -0.1) is 0 Å². The molecule has 1 unspecified atom stereocenters. The molecule has 1 aliphatic rings. The number of furan rings is 1. The molecule has 17 heavy (non-hydrogen) atoms. The van der Waals surface area contributed by atoms with Gasteiger partial charge in [0.05, 0.1) is 0 Å². The lowest BCUT2D eigenvalue weighted by atomic mass is 10.2. The fourth-order valence-electron chi connectivity index (χ4n) is 2.19. The van der Waals surface area contributed by atoms with Crippen LogP contribution in [0.2, 0.25) is 0 Å². The van der Waals surface area contributed by atoms with Crippen molar-refractivity contribution in [2.24, 2.45) is 0 Å². The minimum absolute atomic E-state index is 0.534. The monoisotopic (exact) mass is 231 g/mol. The van der Waals surface area contributed by atoms with E-state index in [2.05, 4.69) is 11.9 Å². The van der Waals surface area contributed by atoms with Crippen molar-refractivity contribution in [1.29, 1.82) is 0 Å². The van der Waals surface area contributed by atoms with Crippen LogP contribution in [0.5, 0.6) is 0 Å².